The molecule has 4 nitrogen and oxygen atoms in total. The van der Waals surface area contributed by atoms with Crippen molar-refractivity contribution >= 4 is 5.82 Å². The topological polar surface area (TPSA) is 33.1 Å². The van der Waals surface area contributed by atoms with Crippen LogP contribution in [0.15, 0.2) is 0 Å². The highest BCUT2D eigenvalue weighted by Crippen LogP contribution is 2.32. The number of hydrogen-bond acceptors (Lipinski definition) is 3. The molecule has 1 aliphatic carbocycles. The average molecular weight is 222 g/mol. The summed E-state index contributed by atoms with van der Waals surface area (Å²) in [6.45, 7) is 6.15. The third kappa shape index (κ3) is 2.07. The molecule has 90 valence electrons. The molecule has 1 saturated carbocycles. The molecule has 1 N–H and O–H groups in total. The van der Waals surface area contributed by atoms with Crippen molar-refractivity contribution in [2.24, 2.45) is 7.05 Å². The molecule has 1 aromatic heterocycles. The van der Waals surface area contributed by atoms with E-state index in [2.05, 4.69) is 36.2 Å². The lowest BCUT2D eigenvalue weighted by Crippen LogP contribution is -2.24. The van der Waals surface area contributed by atoms with Gasteiger partial charge in [-0.05, 0) is 26.3 Å². The van der Waals surface area contributed by atoms with Gasteiger partial charge in [0.15, 0.2) is 0 Å². The first kappa shape index (κ1) is 11.5. The number of aryl methyl sites for hydroxylation is 2. The van der Waals surface area contributed by atoms with Crippen LogP contribution in [0.2, 0.25) is 0 Å². The third-order valence-electron chi connectivity index (χ3n) is 3.29. The molecule has 16 heavy (non-hydrogen) atoms. The van der Waals surface area contributed by atoms with Gasteiger partial charge in [0.1, 0.15) is 5.82 Å². The lowest BCUT2D eigenvalue weighted by Gasteiger charge is -2.20. The Labute approximate surface area is 97.6 Å². The van der Waals surface area contributed by atoms with E-state index in [0.717, 1.165) is 24.8 Å². The fourth-order valence-electron chi connectivity index (χ4n) is 2.22. The first-order valence-corrected chi connectivity index (χ1v) is 6.11. The summed E-state index contributed by atoms with van der Waals surface area (Å²) in [6.07, 6.45) is 2.64. The Morgan fingerprint density at radius 1 is 1.50 bits per heavy atom. The molecule has 0 radical (unpaired) electrons. The highest BCUT2D eigenvalue weighted by molar-refractivity contribution is 5.51. The van der Waals surface area contributed by atoms with Gasteiger partial charge in [0.2, 0.25) is 0 Å². The summed E-state index contributed by atoms with van der Waals surface area (Å²) in [7, 11) is 4.22. The highest BCUT2D eigenvalue weighted by atomic mass is 15.4. The van der Waals surface area contributed by atoms with Crippen molar-refractivity contribution in [3.05, 3.63) is 11.3 Å². The molecule has 1 fully saturated rings. The number of hydrogen-bond donors (Lipinski definition) is 1. The Hall–Kier alpha value is -1.03. The molecule has 4 heteroatoms. The van der Waals surface area contributed by atoms with Crippen molar-refractivity contribution in [2.75, 3.05) is 18.5 Å². The van der Waals surface area contributed by atoms with Crippen LogP contribution in [0.4, 0.5) is 5.82 Å². The van der Waals surface area contributed by atoms with Gasteiger partial charge in [-0.15, -0.1) is 0 Å². The van der Waals surface area contributed by atoms with E-state index in [1.54, 1.807) is 0 Å². The maximum atomic E-state index is 4.53. The van der Waals surface area contributed by atoms with Crippen molar-refractivity contribution in [2.45, 2.75) is 39.3 Å². The maximum Gasteiger partial charge on any atom is 0.131 e. The number of nitrogens with one attached hydrogen (secondary N) is 1. The van der Waals surface area contributed by atoms with Gasteiger partial charge in [-0.3, -0.25) is 4.68 Å². The number of nitrogens with zero attached hydrogens (tertiary/aromatic N) is 3. The Kier molecular flexibility index (Phi) is 3.19. The first-order chi connectivity index (χ1) is 7.65. The number of anilines is 1. The summed E-state index contributed by atoms with van der Waals surface area (Å²) in [4.78, 5) is 2.38. The van der Waals surface area contributed by atoms with E-state index in [1.807, 2.05) is 11.7 Å². The number of aromatic nitrogens is 2. The average Bonchev–Trinajstić information content (AvgIpc) is 3.02. The molecular weight excluding hydrogens is 200 g/mol. The van der Waals surface area contributed by atoms with Crippen LogP contribution in [-0.4, -0.2) is 29.4 Å². The summed E-state index contributed by atoms with van der Waals surface area (Å²) in [5, 5.41) is 7.92. The van der Waals surface area contributed by atoms with Crippen LogP contribution in [0.25, 0.3) is 0 Å². The van der Waals surface area contributed by atoms with Gasteiger partial charge in [-0.25, -0.2) is 0 Å². The van der Waals surface area contributed by atoms with E-state index < -0.39 is 0 Å². The fraction of sp³-hybridized carbons (Fsp3) is 0.750. The lowest BCUT2D eigenvalue weighted by atomic mass is 10.2. The molecule has 0 bridgehead atoms. The standard InChI is InChI=1S/C12H22N4/c1-5-13-8-11-9(2)14-16(4)12(11)15(3)10-6-7-10/h10,13H,5-8H2,1-4H3. The predicted molar refractivity (Wildman–Crippen MR) is 66.8 cm³/mol. The van der Waals surface area contributed by atoms with Gasteiger partial charge in [0, 0.05) is 32.2 Å². The van der Waals surface area contributed by atoms with E-state index in [0.29, 0.717) is 0 Å². The Morgan fingerprint density at radius 3 is 2.75 bits per heavy atom. The van der Waals surface area contributed by atoms with E-state index in [1.165, 1.54) is 24.2 Å². The summed E-state index contributed by atoms with van der Waals surface area (Å²) in [5.74, 6) is 1.28. The molecule has 0 saturated heterocycles. The molecule has 0 spiro atoms. The quantitative estimate of drug-likeness (QED) is 0.818. The third-order valence-corrected chi connectivity index (χ3v) is 3.29. The Balaban J connectivity index is 2.25. The molecule has 1 aliphatic rings. The van der Waals surface area contributed by atoms with Crippen LogP contribution in [0.3, 0.4) is 0 Å². The zero-order chi connectivity index (χ0) is 11.7. The second-order valence-corrected chi connectivity index (χ2v) is 4.63. The van der Waals surface area contributed by atoms with Gasteiger partial charge < -0.3 is 10.2 Å². The molecule has 2 rings (SSSR count). The predicted octanol–water partition coefficient (Wildman–Crippen LogP) is 1.44. The van der Waals surface area contributed by atoms with Gasteiger partial charge in [0.05, 0.1) is 5.69 Å². The number of rotatable bonds is 5. The Morgan fingerprint density at radius 2 is 2.19 bits per heavy atom. The smallest absolute Gasteiger partial charge is 0.131 e. The fourth-order valence-corrected chi connectivity index (χ4v) is 2.22. The molecule has 0 amide bonds. The van der Waals surface area contributed by atoms with E-state index in [9.17, 15) is 0 Å². The molecular formula is C12H22N4. The molecule has 0 aromatic carbocycles. The van der Waals surface area contributed by atoms with Crippen molar-refractivity contribution < 1.29 is 0 Å². The van der Waals surface area contributed by atoms with Crippen LogP contribution in [0, 0.1) is 6.92 Å². The van der Waals surface area contributed by atoms with Crippen LogP contribution in [0.5, 0.6) is 0 Å². The second-order valence-electron chi connectivity index (χ2n) is 4.63. The van der Waals surface area contributed by atoms with Crippen molar-refractivity contribution in [1.29, 1.82) is 0 Å². The van der Waals surface area contributed by atoms with Crippen LogP contribution < -0.4 is 10.2 Å². The van der Waals surface area contributed by atoms with E-state index in [4.69, 9.17) is 0 Å². The minimum atomic E-state index is 0.732. The van der Waals surface area contributed by atoms with Crippen molar-refractivity contribution in [3.8, 4) is 0 Å². The lowest BCUT2D eigenvalue weighted by molar-refractivity contribution is 0.708. The summed E-state index contributed by atoms with van der Waals surface area (Å²) in [6, 6.07) is 0.732. The highest BCUT2D eigenvalue weighted by Gasteiger charge is 2.30. The normalized spacial score (nSPS) is 15.5. The van der Waals surface area contributed by atoms with Crippen LogP contribution in [-0.2, 0) is 13.6 Å². The molecule has 0 unspecified atom stereocenters. The van der Waals surface area contributed by atoms with Crippen LogP contribution >= 0.6 is 0 Å². The maximum absolute atomic E-state index is 4.53. The molecule has 1 heterocycles. The van der Waals surface area contributed by atoms with Crippen LogP contribution in [0.1, 0.15) is 31.0 Å². The molecule has 1 aromatic rings. The minimum absolute atomic E-state index is 0.732. The van der Waals surface area contributed by atoms with Gasteiger partial charge in [0.25, 0.3) is 0 Å². The van der Waals surface area contributed by atoms with Gasteiger partial charge >= 0.3 is 0 Å². The summed E-state index contributed by atoms with van der Waals surface area (Å²) < 4.78 is 2.01. The minimum Gasteiger partial charge on any atom is -0.357 e. The SMILES string of the molecule is CCNCc1c(C)nn(C)c1N(C)C1CC1. The zero-order valence-electron chi connectivity index (χ0n) is 10.7. The molecule has 0 aliphatic heterocycles. The first-order valence-electron chi connectivity index (χ1n) is 6.11. The van der Waals surface area contributed by atoms with Gasteiger partial charge in [-0.2, -0.15) is 5.10 Å². The monoisotopic (exact) mass is 222 g/mol. The van der Waals surface area contributed by atoms with E-state index >= 15 is 0 Å². The summed E-state index contributed by atoms with van der Waals surface area (Å²) >= 11 is 0. The zero-order valence-corrected chi connectivity index (χ0v) is 10.7. The molecule has 0 atom stereocenters. The van der Waals surface area contributed by atoms with Crippen molar-refractivity contribution in [1.82, 2.24) is 15.1 Å². The summed E-state index contributed by atoms with van der Waals surface area (Å²) in [5.41, 5.74) is 2.49. The van der Waals surface area contributed by atoms with Crippen molar-refractivity contribution in [3.63, 3.8) is 0 Å². The largest absolute Gasteiger partial charge is 0.357 e. The second kappa shape index (κ2) is 4.45. The van der Waals surface area contributed by atoms with E-state index in [-0.39, 0.29) is 0 Å². The van der Waals surface area contributed by atoms with Gasteiger partial charge in [-0.1, -0.05) is 6.92 Å². The Bertz CT molecular complexity index is 365.